The van der Waals surface area contributed by atoms with Gasteiger partial charge in [-0.05, 0) is 18.2 Å². The number of amides is 1. The Kier molecular flexibility index (Phi) is 3.98. The highest BCUT2D eigenvalue weighted by Crippen LogP contribution is 2.24. The van der Waals surface area contributed by atoms with Gasteiger partial charge in [-0.15, -0.1) is 0 Å². The van der Waals surface area contributed by atoms with Crippen LogP contribution in [0, 0.1) is 0 Å². The van der Waals surface area contributed by atoms with Crippen molar-refractivity contribution in [2.45, 2.75) is 0 Å². The molecule has 0 spiro atoms. The highest BCUT2D eigenvalue weighted by molar-refractivity contribution is 6.08. The topological polar surface area (TPSA) is 108 Å². The summed E-state index contributed by atoms with van der Waals surface area (Å²) in [5, 5.41) is 19.7. The maximum absolute atomic E-state index is 12.4. The number of methoxy groups -OCH3 is 1. The van der Waals surface area contributed by atoms with Crippen molar-refractivity contribution in [2.24, 2.45) is 0 Å². The SMILES string of the molecule is COC(=O)C1=C(Nc2ccc3cn[nH]c3c2)C(=O)N(CCO)C1. The number of nitrogens with zero attached hydrogens (tertiary/aromatic N) is 2. The molecule has 120 valence electrons. The molecule has 0 saturated heterocycles. The van der Waals surface area contributed by atoms with E-state index in [0.29, 0.717) is 5.69 Å². The number of H-pyrrole nitrogens is 1. The van der Waals surface area contributed by atoms with E-state index in [1.54, 1.807) is 18.3 Å². The molecule has 8 heteroatoms. The summed E-state index contributed by atoms with van der Waals surface area (Å²) in [6, 6.07) is 5.44. The van der Waals surface area contributed by atoms with Crippen LogP contribution in [-0.4, -0.2) is 58.9 Å². The van der Waals surface area contributed by atoms with E-state index in [-0.39, 0.29) is 36.9 Å². The fourth-order valence-corrected chi connectivity index (χ4v) is 2.51. The number of carbonyl (C=O) groups excluding carboxylic acids is 2. The molecule has 0 radical (unpaired) electrons. The zero-order valence-electron chi connectivity index (χ0n) is 12.5. The number of hydrogen-bond donors (Lipinski definition) is 3. The van der Waals surface area contributed by atoms with E-state index >= 15 is 0 Å². The second-order valence-corrected chi connectivity index (χ2v) is 5.09. The minimum Gasteiger partial charge on any atom is -0.466 e. The molecule has 1 aliphatic rings. The Bertz CT molecular complexity index is 796. The maximum Gasteiger partial charge on any atom is 0.337 e. The van der Waals surface area contributed by atoms with Gasteiger partial charge < -0.3 is 20.1 Å². The minimum absolute atomic E-state index is 0.112. The van der Waals surface area contributed by atoms with Crippen LogP contribution in [0.25, 0.3) is 10.9 Å². The van der Waals surface area contributed by atoms with E-state index in [1.165, 1.54) is 12.0 Å². The predicted octanol–water partition coefficient (Wildman–Crippen LogP) is 0.236. The van der Waals surface area contributed by atoms with E-state index in [1.807, 2.05) is 6.07 Å². The molecule has 1 aliphatic heterocycles. The number of aromatic nitrogens is 2. The lowest BCUT2D eigenvalue weighted by molar-refractivity contribution is -0.136. The van der Waals surface area contributed by atoms with Crippen LogP contribution in [0.2, 0.25) is 0 Å². The van der Waals surface area contributed by atoms with Crippen molar-refractivity contribution in [2.75, 3.05) is 32.1 Å². The first-order valence-electron chi connectivity index (χ1n) is 7.05. The molecule has 0 unspecified atom stereocenters. The number of β-amino-alcohol motifs (C(OH)–C–C–N with tert-alkyl or cyclic N) is 1. The van der Waals surface area contributed by atoms with Gasteiger partial charge in [0.05, 0.1) is 37.5 Å². The van der Waals surface area contributed by atoms with Crippen LogP contribution in [0.15, 0.2) is 35.7 Å². The lowest BCUT2D eigenvalue weighted by Crippen LogP contribution is -2.31. The number of fused-ring (bicyclic) bond motifs is 1. The summed E-state index contributed by atoms with van der Waals surface area (Å²) in [6.45, 7) is 0.0956. The van der Waals surface area contributed by atoms with Crippen molar-refractivity contribution >= 4 is 28.5 Å². The van der Waals surface area contributed by atoms with Gasteiger partial charge in [-0.1, -0.05) is 0 Å². The lowest BCUT2D eigenvalue weighted by atomic mass is 10.2. The number of aromatic amines is 1. The molecule has 1 aromatic carbocycles. The molecule has 2 aromatic rings. The van der Waals surface area contributed by atoms with Gasteiger partial charge in [0, 0.05) is 17.6 Å². The van der Waals surface area contributed by atoms with E-state index in [0.717, 1.165) is 10.9 Å². The molecular weight excluding hydrogens is 300 g/mol. The molecule has 0 bridgehead atoms. The van der Waals surface area contributed by atoms with Gasteiger partial charge in [0.1, 0.15) is 5.70 Å². The Hall–Kier alpha value is -2.87. The van der Waals surface area contributed by atoms with Gasteiger partial charge in [0.25, 0.3) is 5.91 Å². The fourth-order valence-electron chi connectivity index (χ4n) is 2.51. The smallest absolute Gasteiger partial charge is 0.337 e. The number of rotatable bonds is 5. The Labute approximate surface area is 131 Å². The minimum atomic E-state index is -0.566. The van der Waals surface area contributed by atoms with Crippen LogP contribution in [-0.2, 0) is 14.3 Å². The summed E-state index contributed by atoms with van der Waals surface area (Å²) >= 11 is 0. The maximum atomic E-state index is 12.4. The van der Waals surface area contributed by atoms with Crippen molar-refractivity contribution < 1.29 is 19.4 Å². The monoisotopic (exact) mass is 316 g/mol. The Balaban J connectivity index is 1.92. The molecule has 23 heavy (non-hydrogen) atoms. The van der Waals surface area contributed by atoms with E-state index < -0.39 is 5.97 Å². The van der Waals surface area contributed by atoms with Crippen LogP contribution < -0.4 is 5.32 Å². The zero-order chi connectivity index (χ0) is 16.4. The average molecular weight is 316 g/mol. The Morgan fingerprint density at radius 1 is 1.52 bits per heavy atom. The molecule has 0 saturated carbocycles. The molecule has 1 aromatic heterocycles. The second-order valence-electron chi connectivity index (χ2n) is 5.09. The predicted molar refractivity (Wildman–Crippen MR) is 82.4 cm³/mol. The molecule has 0 aliphatic carbocycles. The third-order valence-electron chi connectivity index (χ3n) is 3.66. The molecule has 3 rings (SSSR count). The molecule has 2 heterocycles. The number of aliphatic hydroxyl groups excluding tert-OH is 1. The van der Waals surface area contributed by atoms with Crippen LogP contribution in [0.3, 0.4) is 0 Å². The van der Waals surface area contributed by atoms with Crippen LogP contribution in [0.4, 0.5) is 5.69 Å². The summed E-state index contributed by atoms with van der Waals surface area (Å²) in [5.41, 5.74) is 1.88. The van der Waals surface area contributed by atoms with E-state index in [4.69, 9.17) is 9.84 Å². The normalized spacial score (nSPS) is 14.7. The Morgan fingerprint density at radius 2 is 2.35 bits per heavy atom. The fraction of sp³-hybridized carbons (Fsp3) is 0.267. The number of hydrogen-bond acceptors (Lipinski definition) is 6. The van der Waals surface area contributed by atoms with Crippen molar-refractivity contribution in [1.82, 2.24) is 15.1 Å². The summed E-state index contributed by atoms with van der Waals surface area (Å²) in [7, 11) is 1.27. The highest BCUT2D eigenvalue weighted by Gasteiger charge is 2.34. The summed E-state index contributed by atoms with van der Waals surface area (Å²) < 4.78 is 4.74. The van der Waals surface area contributed by atoms with E-state index in [2.05, 4.69) is 15.5 Å². The number of nitrogens with one attached hydrogen (secondary N) is 2. The highest BCUT2D eigenvalue weighted by atomic mass is 16.5. The van der Waals surface area contributed by atoms with Gasteiger partial charge in [0.15, 0.2) is 0 Å². The molecule has 0 atom stereocenters. The first-order valence-corrected chi connectivity index (χ1v) is 7.05. The first-order chi connectivity index (χ1) is 11.1. The van der Waals surface area contributed by atoms with Gasteiger partial charge >= 0.3 is 5.97 Å². The third-order valence-corrected chi connectivity index (χ3v) is 3.66. The number of anilines is 1. The quantitative estimate of drug-likeness (QED) is 0.682. The number of benzene rings is 1. The standard InChI is InChI=1S/C15H16N4O4/c1-23-15(22)11-8-19(4-5-20)14(21)13(11)17-10-3-2-9-7-16-18-12(9)6-10/h2-3,6-7,17,20H,4-5,8H2,1H3,(H,16,18). The average Bonchev–Trinajstić information content (AvgIpc) is 3.13. The van der Waals surface area contributed by atoms with Crippen molar-refractivity contribution in [3.63, 3.8) is 0 Å². The number of aliphatic hydroxyl groups is 1. The van der Waals surface area contributed by atoms with Crippen molar-refractivity contribution in [1.29, 1.82) is 0 Å². The molecule has 1 amide bonds. The second kappa shape index (κ2) is 6.09. The van der Waals surface area contributed by atoms with Gasteiger partial charge in [-0.2, -0.15) is 5.10 Å². The summed E-state index contributed by atoms with van der Waals surface area (Å²) in [5.74, 6) is -0.909. The van der Waals surface area contributed by atoms with Crippen LogP contribution in [0.1, 0.15) is 0 Å². The van der Waals surface area contributed by atoms with Crippen molar-refractivity contribution in [3.8, 4) is 0 Å². The van der Waals surface area contributed by atoms with Crippen molar-refractivity contribution in [3.05, 3.63) is 35.7 Å². The van der Waals surface area contributed by atoms with Crippen LogP contribution >= 0.6 is 0 Å². The zero-order valence-corrected chi connectivity index (χ0v) is 12.5. The molecule has 0 fully saturated rings. The molecule has 3 N–H and O–H groups in total. The number of carbonyl (C=O) groups is 2. The lowest BCUT2D eigenvalue weighted by Gasteiger charge is -2.15. The largest absolute Gasteiger partial charge is 0.466 e. The summed E-state index contributed by atoms with van der Waals surface area (Å²) in [4.78, 5) is 25.7. The number of ether oxygens (including phenoxy) is 1. The molecular formula is C15H16N4O4. The number of esters is 1. The third kappa shape index (κ3) is 2.76. The first kappa shape index (κ1) is 15.0. The Morgan fingerprint density at radius 3 is 3.09 bits per heavy atom. The van der Waals surface area contributed by atoms with Crippen LogP contribution in [0.5, 0.6) is 0 Å². The van der Waals surface area contributed by atoms with Gasteiger partial charge in [-0.25, -0.2) is 4.79 Å². The van der Waals surface area contributed by atoms with E-state index in [9.17, 15) is 9.59 Å². The van der Waals surface area contributed by atoms with Gasteiger partial charge in [0.2, 0.25) is 0 Å². The summed E-state index contributed by atoms with van der Waals surface area (Å²) in [6.07, 6.45) is 1.70. The molecule has 8 nitrogen and oxygen atoms in total. The van der Waals surface area contributed by atoms with Gasteiger partial charge in [-0.3, -0.25) is 9.89 Å².